The smallest absolute Gasteiger partial charge is 0.0468 e. The molecule has 1 aromatic carbocycles. The van der Waals surface area contributed by atoms with Crippen LogP contribution < -0.4 is 0 Å². The summed E-state index contributed by atoms with van der Waals surface area (Å²) in [6.45, 7) is 3.68. The molecule has 90 valence electrons. The van der Waals surface area contributed by atoms with Crippen LogP contribution in [-0.4, -0.2) is 18.5 Å². The highest BCUT2D eigenvalue weighted by Crippen LogP contribution is 2.17. The van der Waals surface area contributed by atoms with Gasteiger partial charge >= 0.3 is 0 Å². The average Bonchev–Trinajstić information content (AvgIpc) is 2.31. The molecule has 0 aromatic heterocycles. The number of ether oxygens (including phenoxy) is 1. The third-order valence-electron chi connectivity index (χ3n) is 2.53. The van der Waals surface area contributed by atoms with Crippen molar-refractivity contribution in [2.24, 2.45) is 5.92 Å². The standard InChI is InChI=1S/C13H18BrClO/c1-2-16-8-7-12(10-14)9-11-3-5-13(15)6-4-11/h3-6,12H,2,7-10H2,1H3. The maximum atomic E-state index is 5.86. The minimum absolute atomic E-state index is 0.632. The van der Waals surface area contributed by atoms with Crippen molar-refractivity contribution < 1.29 is 4.74 Å². The normalized spacial score (nSPS) is 12.7. The number of alkyl halides is 1. The van der Waals surface area contributed by atoms with Gasteiger partial charge in [-0.15, -0.1) is 0 Å². The van der Waals surface area contributed by atoms with Gasteiger partial charge in [0.05, 0.1) is 0 Å². The van der Waals surface area contributed by atoms with E-state index in [9.17, 15) is 0 Å². The first-order valence-corrected chi connectivity index (χ1v) is 7.14. The van der Waals surface area contributed by atoms with Crippen molar-refractivity contribution in [3.63, 3.8) is 0 Å². The molecule has 0 aliphatic heterocycles. The Morgan fingerprint density at radius 2 is 2.00 bits per heavy atom. The summed E-state index contributed by atoms with van der Waals surface area (Å²) in [5.74, 6) is 0.632. The van der Waals surface area contributed by atoms with E-state index in [-0.39, 0.29) is 0 Å². The zero-order valence-corrected chi connectivity index (χ0v) is 11.9. The van der Waals surface area contributed by atoms with E-state index in [1.54, 1.807) is 0 Å². The van der Waals surface area contributed by atoms with Crippen molar-refractivity contribution in [1.29, 1.82) is 0 Å². The molecule has 1 atom stereocenters. The quantitative estimate of drug-likeness (QED) is 0.538. The molecule has 0 fully saturated rings. The van der Waals surface area contributed by atoms with Crippen LogP contribution in [0.1, 0.15) is 18.9 Å². The molecule has 1 unspecified atom stereocenters. The molecule has 1 rings (SSSR count). The Hall–Kier alpha value is -0.0500. The second kappa shape index (κ2) is 8.10. The minimum Gasteiger partial charge on any atom is -0.382 e. The molecule has 0 radical (unpaired) electrons. The molecular weight excluding hydrogens is 287 g/mol. The lowest BCUT2D eigenvalue weighted by Crippen LogP contribution is -2.10. The molecule has 0 spiro atoms. The Bertz CT molecular complexity index is 286. The van der Waals surface area contributed by atoms with E-state index >= 15 is 0 Å². The second-order valence-corrected chi connectivity index (χ2v) is 4.92. The van der Waals surface area contributed by atoms with E-state index in [0.717, 1.165) is 36.4 Å². The summed E-state index contributed by atoms with van der Waals surface area (Å²) in [6.07, 6.45) is 2.18. The number of benzene rings is 1. The van der Waals surface area contributed by atoms with Crippen LogP contribution in [0.5, 0.6) is 0 Å². The lowest BCUT2D eigenvalue weighted by Gasteiger charge is -2.13. The highest BCUT2D eigenvalue weighted by molar-refractivity contribution is 9.09. The molecule has 3 heteroatoms. The monoisotopic (exact) mass is 304 g/mol. The number of hydrogen-bond acceptors (Lipinski definition) is 1. The van der Waals surface area contributed by atoms with Gasteiger partial charge in [-0.05, 0) is 43.4 Å². The van der Waals surface area contributed by atoms with Gasteiger partial charge in [0.1, 0.15) is 0 Å². The zero-order chi connectivity index (χ0) is 11.8. The van der Waals surface area contributed by atoms with Gasteiger partial charge in [-0.25, -0.2) is 0 Å². The summed E-state index contributed by atoms with van der Waals surface area (Å²) < 4.78 is 5.38. The van der Waals surface area contributed by atoms with Crippen molar-refractivity contribution in [2.75, 3.05) is 18.5 Å². The largest absolute Gasteiger partial charge is 0.382 e. The van der Waals surface area contributed by atoms with Crippen molar-refractivity contribution in [3.8, 4) is 0 Å². The topological polar surface area (TPSA) is 9.23 Å². The third kappa shape index (κ3) is 5.33. The summed E-state index contributed by atoms with van der Waals surface area (Å²) in [7, 11) is 0. The Morgan fingerprint density at radius 1 is 1.31 bits per heavy atom. The number of hydrogen-bond donors (Lipinski definition) is 0. The van der Waals surface area contributed by atoms with E-state index in [4.69, 9.17) is 16.3 Å². The summed E-state index contributed by atoms with van der Waals surface area (Å²) in [6, 6.07) is 8.09. The summed E-state index contributed by atoms with van der Waals surface area (Å²) in [5.41, 5.74) is 1.34. The molecule has 1 aromatic rings. The molecule has 1 nitrogen and oxygen atoms in total. The molecule has 0 N–H and O–H groups in total. The SMILES string of the molecule is CCOCCC(CBr)Cc1ccc(Cl)cc1. The minimum atomic E-state index is 0.632. The molecule has 0 saturated heterocycles. The van der Waals surface area contributed by atoms with Gasteiger partial charge in [0.15, 0.2) is 0 Å². The van der Waals surface area contributed by atoms with Crippen molar-refractivity contribution >= 4 is 27.5 Å². The van der Waals surface area contributed by atoms with Crippen LogP contribution >= 0.6 is 27.5 Å². The third-order valence-corrected chi connectivity index (χ3v) is 3.70. The van der Waals surface area contributed by atoms with Crippen molar-refractivity contribution in [2.45, 2.75) is 19.8 Å². The first-order chi connectivity index (χ1) is 7.76. The van der Waals surface area contributed by atoms with Crippen molar-refractivity contribution in [1.82, 2.24) is 0 Å². The molecule has 0 amide bonds. The lowest BCUT2D eigenvalue weighted by atomic mass is 9.98. The highest BCUT2D eigenvalue weighted by Gasteiger charge is 2.08. The van der Waals surface area contributed by atoms with E-state index < -0.39 is 0 Å². The van der Waals surface area contributed by atoms with Gasteiger partial charge in [0.25, 0.3) is 0 Å². The first-order valence-electron chi connectivity index (χ1n) is 5.64. The second-order valence-electron chi connectivity index (χ2n) is 3.84. The van der Waals surface area contributed by atoms with Crippen LogP contribution in [0.25, 0.3) is 0 Å². The van der Waals surface area contributed by atoms with Crippen LogP contribution in [0.3, 0.4) is 0 Å². The predicted molar refractivity (Wildman–Crippen MR) is 73.6 cm³/mol. The van der Waals surface area contributed by atoms with Crippen LogP contribution in [0, 0.1) is 5.92 Å². The van der Waals surface area contributed by atoms with Crippen LogP contribution in [0.4, 0.5) is 0 Å². The van der Waals surface area contributed by atoms with Gasteiger partial charge in [-0.2, -0.15) is 0 Å². The fourth-order valence-electron chi connectivity index (χ4n) is 1.58. The van der Waals surface area contributed by atoms with Gasteiger partial charge < -0.3 is 4.74 Å². The molecular formula is C13H18BrClO. The van der Waals surface area contributed by atoms with Gasteiger partial charge in [0, 0.05) is 23.6 Å². The maximum Gasteiger partial charge on any atom is 0.0468 e. The van der Waals surface area contributed by atoms with Crippen LogP contribution in [0.2, 0.25) is 5.02 Å². The fraction of sp³-hybridized carbons (Fsp3) is 0.538. The van der Waals surface area contributed by atoms with Gasteiger partial charge in [-0.3, -0.25) is 0 Å². The number of halogens is 2. The Morgan fingerprint density at radius 3 is 2.56 bits per heavy atom. The van der Waals surface area contributed by atoms with Crippen LogP contribution in [-0.2, 0) is 11.2 Å². The molecule has 0 aliphatic carbocycles. The molecule has 16 heavy (non-hydrogen) atoms. The zero-order valence-electron chi connectivity index (χ0n) is 9.59. The molecule has 0 aliphatic rings. The summed E-state index contributed by atoms with van der Waals surface area (Å²) >= 11 is 9.41. The first kappa shape index (κ1) is 14.0. The van der Waals surface area contributed by atoms with Gasteiger partial charge in [0.2, 0.25) is 0 Å². The molecule has 0 bridgehead atoms. The van der Waals surface area contributed by atoms with Crippen molar-refractivity contribution in [3.05, 3.63) is 34.9 Å². The Labute approximate surface area is 111 Å². The Balaban J connectivity index is 2.40. The van der Waals surface area contributed by atoms with E-state index in [0.29, 0.717) is 5.92 Å². The van der Waals surface area contributed by atoms with E-state index in [1.165, 1.54) is 5.56 Å². The maximum absolute atomic E-state index is 5.86. The number of rotatable bonds is 7. The summed E-state index contributed by atoms with van der Waals surface area (Å²) in [4.78, 5) is 0. The molecule has 0 heterocycles. The lowest BCUT2D eigenvalue weighted by molar-refractivity contribution is 0.134. The fourth-order valence-corrected chi connectivity index (χ4v) is 2.26. The highest BCUT2D eigenvalue weighted by atomic mass is 79.9. The van der Waals surface area contributed by atoms with E-state index in [2.05, 4.69) is 28.1 Å². The molecule has 0 saturated carbocycles. The Kier molecular flexibility index (Phi) is 7.10. The van der Waals surface area contributed by atoms with Crippen LogP contribution in [0.15, 0.2) is 24.3 Å². The van der Waals surface area contributed by atoms with E-state index in [1.807, 2.05) is 19.1 Å². The summed E-state index contributed by atoms with van der Waals surface area (Å²) in [5, 5.41) is 1.82. The van der Waals surface area contributed by atoms with Gasteiger partial charge in [-0.1, -0.05) is 39.7 Å². The predicted octanol–water partition coefficient (Wildman–Crippen LogP) is 4.32. The average molecular weight is 306 g/mol.